The summed E-state index contributed by atoms with van der Waals surface area (Å²) in [5.41, 5.74) is 6.24. The Balaban J connectivity index is 1.86. The van der Waals surface area contributed by atoms with Crippen LogP contribution < -0.4 is 10.6 Å². The maximum Gasteiger partial charge on any atom is 0.200 e. The predicted molar refractivity (Wildman–Crippen MR) is 59.6 cm³/mol. The van der Waals surface area contributed by atoms with Crippen LogP contribution in [0.1, 0.15) is 0 Å². The van der Waals surface area contributed by atoms with Crippen molar-refractivity contribution in [3.8, 4) is 0 Å². The zero-order valence-corrected chi connectivity index (χ0v) is 9.23. The van der Waals surface area contributed by atoms with Gasteiger partial charge in [0.15, 0.2) is 11.5 Å². The summed E-state index contributed by atoms with van der Waals surface area (Å²) in [6.07, 6.45) is 0.0649. The Labute approximate surface area is 97.3 Å². The first kappa shape index (κ1) is 10.4. The highest BCUT2D eigenvalue weighted by Crippen LogP contribution is 2.14. The van der Waals surface area contributed by atoms with Crippen LogP contribution in [0, 0.1) is 0 Å². The molecule has 17 heavy (non-hydrogen) atoms. The number of nitrogens with zero attached hydrogens (tertiary/aromatic N) is 6. The molecule has 0 bridgehead atoms. The summed E-state index contributed by atoms with van der Waals surface area (Å²) in [5, 5.41) is 15.5. The maximum atomic E-state index is 5.61. The highest BCUT2D eigenvalue weighted by atomic mass is 16.5. The molecule has 2 aromatic rings. The van der Waals surface area contributed by atoms with Crippen LogP contribution in [0.2, 0.25) is 0 Å². The Morgan fingerprint density at radius 3 is 3.29 bits per heavy atom. The minimum atomic E-state index is 0.0649. The fraction of sp³-hybridized carbons (Fsp3) is 0.556. The molecule has 8 nitrogen and oxygen atoms in total. The third-order valence-electron chi connectivity index (χ3n) is 2.78. The van der Waals surface area contributed by atoms with Gasteiger partial charge in [0.05, 0.1) is 12.7 Å². The smallest absolute Gasteiger partial charge is 0.200 e. The number of morpholine rings is 1. The Kier molecular flexibility index (Phi) is 2.57. The van der Waals surface area contributed by atoms with E-state index < -0.39 is 0 Å². The molecule has 3 heterocycles. The van der Waals surface area contributed by atoms with Crippen molar-refractivity contribution in [3.63, 3.8) is 0 Å². The molecule has 0 radical (unpaired) electrons. The minimum Gasteiger partial charge on any atom is -0.373 e. The van der Waals surface area contributed by atoms with Crippen molar-refractivity contribution in [2.75, 3.05) is 31.1 Å². The van der Waals surface area contributed by atoms with Crippen LogP contribution in [-0.4, -0.2) is 57.6 Å². The zero-order chi connectivity index (χ0) is 11.7. The van der Waals surface area contributed by atoms with E-state index in [1.54, 1.807) is 0 Å². The molecule has 0 saturated carbocycles. The molecule has 1 unspecified atom stereocenters. The summed E-state index contributed by atoms with van der Waals surface area (Å²) >= 11 is 0. The van der Waals surface area contributed by atoms with Crippen LogP contribution >= 0.6 is 0 Å². The second-order valence-corrected chi connectivity index (χ2v) is 3.89. The molecule has 1 atom stereocenters. The molecule has 1 aliphatic rings. The summed E-state index contributed by atoms with van der Waals surface area (Å²) < 4.78 is 6.93. The summed E-state index contributed by atoms with van der Waals surface area (Å²) in [4.78, 5) is 2.13. The second-order valence-electron chi connectivity index (χ2n) is 3.89. The number of anilines is 1. The molecule has 1 saturated heterocycles. The quantitative estimate of drug-likeness (QED) is 0.690. The molecule has 3 rings (SSSR count). The Hall–Kier alpha value is -1.80. The van der Waals surface area contributed by atoms with E-state index in [9.17, 15) is 0 Å². The second kappa shape index (κ2) is 4.22. The number of nitrogens with two attached hydrogens (primary N) is 1. The largest absolute Gasteiger partial charge is 0.373 e. The first-order valence-corrected chi connectivity index (χ1v) is 5.49. The molecule has 0 amide bonds. The van der Waals surface area contributed by atoms with Crippen molar-refractivity contribution in [2.45, 2.75) is 6.10 Å². The maximum absolute atomic E-state index is 5.61. The van der Waals surface area contributed by atoms with Crippen molar-refractivity contribution in [3.05, 3.63) is 12.1 Å². The van der Waals surface area contributed by atoms with Crippen LogP contribution in [0.25, 0.3) is 5.65 Å². The predicted octanol–water partition coefficient (Wildman–Crippen LogP) is -1.32. The molecule has 0 spiro atoms. The number of tetrazole rings is 1. The van der Waals surface area contributed by atoms with Gasteiger partial charge < -0.3 is 15.4 Å². The lowest BCUT2D eigenvalue weighted by Gasteiger charge is -2.32. The van der Waals surface area contributed by atoms with E-state index in [-0.39, 0.29) is 6.10 Å². The van der Waals surface area contributed by atoms with Crippen molar-refractivity contribution in [1.82, 2.24) is 25.3 Å². The lowest BCUT2D eigenvalue weighted by Crippen LogP contribution is -2.46. The van der Waals surface area contributed by atoms with Gasteiger partial charge in [-0.1, -0.05) is 0 Å². The van der Waals surface area contributed by atoms with Crippen LogP contribution in [0.4, 0.5) is 5.82 Å². The monoisotopic (exact) mass is 235 g/mol. The molecule has 1 fully saturated rings. The van der Waals surface area contributed by atoms with Crippen LogP contribution in [0.3, 0.4) is 0 Å². The summed E-state index contributed by atoms with van der Waals surface area (Å²) in [6, 6.07) is 3.75. The van der Waals surface area contributed by atoms with Gasteiger partial charge in [-0.3, -0.25) is 0 Å². The number of hydrogen-bond donors (Lipinski definition) is 1. The first-order chi connectivity index (χ1) is 8.36. The fourth-order valence-corrected chi connectivity index (χ4v) is 1.88. The third kappa shape index (κ3) is 1.92. The van der Waals surface area contributed by atoms with Gasteiger partial charge in [-0.15, -0.1) is 14.8 Å². The normalized spacial score (nSPS) is 21.0. The van der Waals surface area contributed by atoms with Gasteiger partial charge in [0.1, 0.15) is 0 Å². The zero-order valence-electron chi connectivity index (χ0n) is 9.23. The molecule has 90 valence electrons. The van der Waals surface area contributed by atoms with Gasteiger partial charge in [0, 0.05) is 19.6 Å². The van der Waals surface area contributed by atoms with E-state index in [1.165, 1.54) is 4.63 Å². The third-order valence-corrected chi connectivity index (χ3v) is 2.78. The van der Waals surface area contributed by atoms with Crippen molar-refractivity contribution >= 4 is 11.5 Å². The summed E-state index contributed by atoms with van der Waals surface area (Å²) in [6.45, 7) is 2.73. The molecule has 8 heteroatoms. The van der Waals surface area contributed by atoms with Gasteiger partial charge in [-0.25, -0.2) is 0 Å². The number of hydrogen-bond acceptors (Lipinski definition) is 7. The van der Waals surface area contributed by atoms with E-state index >= 15 is 0 Å². The highest BCUT2D eigenvalue weighted by Gasteiger charge is 2.20. The molecule has 0 aromatic carbocycles. The molecular weight excluding hydrogens is 222 g/mol. The number of ether oxygens (including phenoxy) is 1. The topological polar surface area (TPSA) is 94.5 Å². The Morgan fingerprint density at radius 1 is 1.47 bits per heavy atom. The van der Waals surface area contributed by atoms with Crippen LogP contribution in [0.15, 0.2) is 12.1 Å². The van der Waals surface area contributed by atoms with Crippen molar-refractivity contribution < 1.29 is 4.74 Å². The molecular formula is C9H13N7O. The van der Waals surface area contributed by atoms with Crippen molar-refractivity contribution in [1.29, 1.82) is 0 Å². The van der Waals surface area contributed by atoms with E-state index in [0.717, 1.165) is 18.9 Å². The molecule has 0 aliphatic carbocycles. The molecule has 2 N–H and O–H groups in total. The van der Waals surface area contributed by atoms with E-state index in [4.69, 9.17) is 10.5 Å². The highest BCUT2D eigenvalue weighted by molar-refractivity contribution is 5.44. The SMILES string of the molecule is NCC1CN(c2ccc3nnnn3n2)CCO1. The number of aromatic nitrogens is 5. The number of fused-ring (bicyclic) bond motifs is 1. The van der Waals surface area contributed by atoms with Gasteiger partial charge in [0.25, 0.3) is 0 Å². The van der Waals surface area contributed by atoms with Crippen LogP contribution in [-0.2, 0) is 4.74 Å². The van der Waals surface area contributed by atoms with Gasteiger partial charge >= 0.3 is 0 Å². The molecule has 2 aromatic heterocycles. The van der Waals surface area contributed by atoms with E-state index in [0.29, 0.717) is 18.8 Å². The van der Waals surface area contributed by atoms with E-state index in [2.05, 4.69) is 25.5 Å². The van der Waals surface area contributed by atoms with Crippen molar-refractivity contribution in [2.24, 2.45) is 5.73 Å². The minimum absolute atomic E-state index is 0.0649. The summed E-state index contributed by atoms with van der Waals surface area (Å²) in [5.74, 6) is 0.839. The van der Waals surface area contributed by atoms with Crippen LogP contribution in [0.5, 0.6) is 0 Å². The molecule has 1 aliphatic heterocycles. The fourth-order valence-electron chi connectivity index (χ4n) is 1.88. The van der Waals surface area contributed by atoms with Gasteiger partial charge in [-0.05, 0) is 22.6 Å². The average Bonchev–Trinajstić information content (AvgIpc) is 2.86. The lowest BCUT2D eigenvalue weighted by atomic mass is 10.2. The standard InChI is InChI=1S/C9H13N7O/c10-5-7-6-15(3-4-17-7)9-2-1-8-11-13-14-16(8)12-9/h1-2,7H,3-6,10H2. The van der Waals surface area contributed by atoms with Gasteiger partial charge in [-0.2, -0.15) is 0 Å². The Morgan fingerprint density at radius 2 is 2.41 bits per heavy atom. The van der Waals surface area contributed by atoms with Gasteiger partial charge in [0.2, 0.25) is 0 Å². The lowest BCUT2D eigenvalue weighted by molar-refractivity contribution is 0.0462. The average molecular weight is 235 g/mol. The van der Waals surface area contributed by atoms with E-state index in [1.807, 2.05) is 12.1 Å². The number of rotatable bonds is 2. The summed E-state index contributed by atoms with van der Waals surface area (Å²) in [7, 11) is 0. The first-order valence-electron chi connectivity index (χ1n) is 5.49. The Bertz CT molecular complexity index is 513.